The Morgan fingerprint density at radius 1 is 0.414 bits per heavy atom. The standard InChI is InChI=1S/C67H51N3/c1-67(2)62-28-15-14-27-59(62)60-40-39-57(45-63(60)67)69(56-37-35-55(36-38-56)68(51-20-6-3-7-21-51)52-22-8-4-9-23-52)54-33-29-46(30-34-54)48-18-16-19-49(43-48)50-32-41-64-61(44-50)66-58-26-13-12-17-47(58)31-42-65(66)70(64)53-24-10-5-11-25-53/h3-13,15-26,28-45H,14,27H2,1-2H3. The van der Waals surface area contributed by atoms with Gasteiger partial charge in [-0.1, -0.05) is 153 Å². The van der Waals surface area contributed by atoms with E-state index >= 15 is 0 Å². The van der Waals surface area contributed by atoms with E-state index in [4.69, 9.17) is 0 Å². The van der Waals surface area contributed by atoms with E-state index in [0.29, 0.717) is 0 Å². The van der Waals surface area contributed by atoms with Crippen LogP contribution < -0.4 is 9.80 Å². The molecule has 0 saturated heterocycles. The third-order valence-corrected chi connectivity index (χ3v) is 14.8. The molecule has 3 heteroatoms. The van der Waals surface area contributed by atoms with E-state index < -0.39 is 0 Å². The number of benzene rings is 10. The van der Waals surface area contributed by atoms with Gasteiger partial charge in [-0.3, -0.25) is 0 Å². The molecule has 1 aromatic heterocycles. The fraction of sp³-hybridized carbons (Fsp3) is 0.0746. The monoisotopic (exact) mass is 897 g/mol. The summed E-state index contributed by atoms with van der Waals surface area (Å²) in [6.45, 7) is 4.78. The first-order valence-corrected chi connectivity index (χ1v) is 24.6. The Balaban J connectivity index is 0.886. The summed E-state index contributed by atoms with van der Waals surface area (Å²) in [5, 5.41) is 5.06. The molecule has 0 radical (unpaired) electrons. The fourth-order valence-corrected chi connectivity index (χ4v) is 11.4. The number of anilines is 6. The number of fused-ring (bicyclic) bond motifs is 7. The van der Waals surface area contributed by atoms with Crippen molar-refractivity contribution in [1.82, 2.24) is 4.57 Å². The minimum Gasteiger partial charge on any atom is -0.311 e. The van der Waals surface area contributed by atoms with Crippen molar-refractivity contribution in [2.24, 2.45) is 0 Å². The number of hydrogen-bond donors (Lipinski definition) is 0. The Morgan fingerprint density at radius 3 is 1.66 bits per heavy atom. The Labute approximate surface area is 410 Å². The zero-order chi connectivity index (χ0) is 46.8. The summed E-state index contributed by atoms with van der Waals surface area (Å²) in [6, 6.07) is 86.6. The fourth-order valence-electron chi connectivity index (χ4n) is 11.4. The van der Waals surface area contributed by atoms with Crippen LogP contribution in [0.2, 0.25) is 0 Å². The largest absolute Gasteiger partial charge is 0.311 e. The van der Waals surface area contributed by atoms with Crippen molar-refractivity contribution in [2.75, 3.05) is 9.80 Å². The highest BCUT2D eigenvalue weighted by Gasteiger charge is 2.37. The number of allylic oxidation sites excluding steroid dienone is 4. The molecule has 70 heavy (non-hydrogen) atoms. The lowest BCUT2D eigenvalue weighted by molar-refractivity contribution is 0.651. The summed E-state index contributed by atoms with van der Waals surface area (Å²) < 4.78 is 2.41. The molecule has 3 nitrogen and oxygen atoms in total. The van der Waals surface area contributed by atoms with Gasteiger partial charge in [-0.25, -0.2) is 0 Å². The van der Waals surface area contributed by atoms with Crippen LogP contribution in [0.1, 0.15) is 37.8 Å². The first-order valence-electron chi connectivity index (χ1n) is 24.6. The van der Waals surface area contributed by atoms with Crippen molar-refractivity contribution in [1.29, 1.82) is 0 Å². The van der Waals surface area contributed by atoms with Crippen LogP contribution in [0.25, 0.3) is 66.1 Å². The summed E-state index contributed by atoms with van der Waals surface area (Å²) in [5.74, 6) is 0. The van der Waals surface area contributed by atoms with E-state index in [0.717, 1.165) is 52.7 Å². The molecule has 11 aromatic rings. The van der Waals surface area contributed by atoms with Crippen LogP contribution in [-0.4, -0.2) is 4.57 Å². The topological polar surface area (TPSA) is 11.4 Å². The van der Waals surface area contributed by atoms with Gasteiger partial charge >= 0.3 is 0 Å². The normalized spacial score (nSPS) is 13.7. The zero-order valence-electron chi connectivity index (χ0n) is 39.4. The Kier molecular flexibility index (Phi) is 9.99. The van der Waals surface area contributed by atoms with Gasteiger partial charge < -0.3 is 14.4 Å². The quantitative estimate of drug-likeness (QED) is 0.143. The SMILES string of the molecule is CC1(C)C2=C(CCC=C2)c2ccc(N(c3ccc(-c4cccc(-c5ccc6c(c5)c5c7ccccc7ccc5n6-c5ccccc5)c4)cc3)c3ccc(N(c4ccccc4)c4ccccc4)cc3)cc21. The van der Waals surface area contributed by atoms with Crippen LogP contribution in [0, 0.1) is 0 Å². The second kappa shape index (κ2) is 16.8. The van der Waals surface area contributed by atoms with Gasteiger partial charge in [-0.15, -0.1) is 0 Å². The molecular weight excluding hydrogens is 847 g/mol. The smallest absolute Gasteiger partial charge is 0.0547 e. The maximum atomic E-state index is 2.45. The molecule has 0 amide bonds. The predicted molar refractivity (Wildman–Crippen MR) is 297 cm³/mol. The van der Waals surface area contributed by atoms with Crippen molar-refractivity contribution >= 4 is 72.3 Å². The van der Waals surface area contributed by atoms with Gasteiger partial charge in [0.2, 0.25) is 0 Å². The minimum absolute atomic E-state index is 0.0782. The van der Waals surface area contributed by atoms with Crippen molar-refractivity contribution in [2.45, 2.75) is 32.1 Å². The van der Waals surface area contributed by atoms with Gasteiger partial charge in [-0.05, 0) is 177 Å². The van der Waals surface area contributed by atoms with Crippen LogP contribution in [0.5, 0.6) is 0 Å². The number of hydrogen-bond acceptors (Lipinski definition) is 2. The highest BCUT2D eigenvalue weighted by Crippen LogP contribution is 2.52. The van der Waals surface area contributed by atoms with Crippen LogP contribution >= 0.6 is 0 Å². The molecule has 1 heterocycles. The molecule has 334 valence electrons. The average Bonchev–Trinajstić information content (AvgIpc) is 3.88. The summed E-state index contributed by atoms with van der Waals surface area (Å²) in [7, 11) is 0. The molecule has 0 saturated carbocycles. The van der Waals surface area contributed by atoms with Crippen LogP contribution in [0.3, 0.4) is 0 Å². The van der Waals surface area contributed by atoms with Crippen LogP contribution in [0.15, 0.2) is 254 Å². The van der Waals surface area contributed by atoms with Crippen molar-refractivity contribution in [3.05, 3.63) is 265 Å². The van der Waals surface area contributed by atoms with E-state index in [2.05, 4.69) is 277 Å². The maximum absolute atomic E-state index is 2.45. The first-order chi connectivity index (χ1) is 34.5. The molecule has 2 aliphatic rings. The molecule has 0 spiro atoms. The van der Waals surface area contributed by atoms with E-state index in [1.165, 1.54) is 77.1 Å². The summed E-state index contributed by atoms with van der Waals surface area (Å²) in [4.78, 5) is 4.75. The van der Waals surface area contributed by atoms with Crippen LogP contribution in [0.4, 0.5) is 34.1 Å². The molecule has 13 rings (SSSR count). The third-order valence-electron chi connectivity index (χ3n) is 14.8. The van der Waals surface area contributed by atoms with Gasteiger partial charge in [0.15, 0.2) is 0 Å². The van der Waals surface area contributed by atoms with Crippen LogP contribution in [-0.2, 0) is 5.41 Å². The lowest BCUT2D eigenvalue weighted by Gasteiger charge is -2.30. The van der Waals surface area contributed by atoms with Gasteiger partial charge in [0.1, 0.15) is 0 Å². The van der Waals surface area contributed by atoms with Crippen molar-refractivity contribution in [3.8, 4) is 27.9 Å². The number of rotatable bonds is 9. The molecule has 0 atom stereocenters. The van der Waals surface area contributed by atoms with E-state index in [1.54, 1.807) is 0 Å². The Morgan fingerprint density at radius 2 is 0.957 bits per heavy atom. The van der Waals surface area contributed by atoms with Crippen molar-refractivity contribution in [3.63, 3.8) is 0 Å². The summed E-state index contributed by atoms with van der Waals surface area (Å²) in [6.07, 6.45) is 6.91. The number of aromatic nitrogens is 1. The van der Waals surface area contributed by atoms with Gasteiger partial charge in [0.25, 0.3) is 0 Å². The van der Waals surface area contributed by atoms with E-state index in [1.807, 2.05) is 0 Å². The maximum Gasteiger partial charge on any atom is 0.0547 e. The van der Waals surface area contributed by atoms with E-state index in [-0.39, 0.29) is 5.41 Å². The van der Waals surface area contributed by atoms with E-state index in [9.17, 15) is 0 Å². The second-order valence-corrected chi connectivity index (χ2v) is 19.3. The van der Waals surface area contributed by atoms with Gasteiger partial charge in [0, 0.05) is 56.0 Å². The van der Waals surface area contributed by atoms with Crippen molar-refractivity contribution < 1.29 is 0 Å². The second-order valence-electron chi connectivity index (χ2n) is 19.3. The molecule has 2 aliphatic carbocycles. The lowest BCUT2D eigenvalue weighted by atomic mass is 9.80. The molecule has 0 aliphatic heterocycles. The zero-order valence-corrected chi connectivity index (χ0v) is 39.4. The first kappa shape index (κ1) is 41.5. The lowest BCUT2D eigenvalue weighted by Crippen LogP contribution is -2.18. The molecule has 0 bridgehead atoms. The Hall–Kier alpha value is -8.66. The predicted octanol–water partition coefficient (Wildman–Crippen LogP) is 18.6. The highest BCUT2D eigenvalue weighted by atomic mass is 15.2. The number of para-hydroxylation sites is 3. The average molecular weight is 898 g/mol. The number of nitrogens with zero attached hydrogens (tertiary/aromatic N) is 3. The van der Waals surface area contributed by atoms with Gasteiger partial charge in [0.05, 0.1) is 11.0 Å². The molecule has 0 unspecified atom stereocenters. The molecular formula is C67H51N3. The molecule has 0 N–H and O–H groups in total. The highest BCUT2D eigenvalue weighted by molar-refractivity contribution is 6.22. The Bertz CT molecular complexity index is 3780. The van der Waals surface area contributed by atoms with Gasteiger partial charge in [-0.2, -0.15) is 0 Å². The minimum atomic E-state index is -0.0782. The molecule has 0 fully saturated rings. The molecule has 10 aromatic carbocycles. The summed E-state index contributed by atoms with van der Waals surface area (Å²) in [5.41, 5.74) is 20.7. The third kappa shape index (κ3) is 6.96. The summed E-state index contributed by atoms with van der Waals surface area (Å²) >= 11 is 0.